The van der Waals surface area contributed by atoms with E-state index in [1.807, 2.05) is 0 Å². The summed E-state index contributed by atoms with van der Waals surface area (Å²) >= 11 is 0. The van der Waals surface area contributed by atoms with Crippen molar-refractivity contribution in [1.82, 2.24) is 0 Å². The molecule has 0 radical (unpaired) electrons. The van der Waals surface area contributed by atoms with Gasteiger partial charge in [0.1, 0.15) is 0 Å². The van der Waals surface area contributed by atoms with E-state index in [2.05, 4.69) is 0 Å². The topological polar surface area (TPSA) is 55.5 Å². The van der Waals surface area contributed by atoms with Gasteiger partial charge in [-0.1, -0.05) is 0 Å². The molecule has 1 aliphatic rings. The van der Waals surface area contributed by atoms with Crippen LogP contribution in [-0.4, -0.2) is 29.5 Å². The van der Waals surface area contributed by atoms with Gasteiger partial charge in [-0.05, 0) is 19.8 Å². The van der Waals surface area contributed by atoms with Gasteiger partial charge in [0.25, 0.3) is 0 Å². The number of nitrogens with two attached hydrogens (primary N) is 1. The molecule has 0 saturated heterocycles. The Balaban J connectivity index is 2.57. The predicted octanol–water partition coefficient (Wildman–Crippen LogP) is 1.25. The molecule has 5 heteroatoms. The molecule has 1 saturated carbocycles. The number of aliphatic hydroxyl groups is 1. The minimum atomic E-state index is -2.60. The number of aliphatic hydroxyl groups excluding tert-OH is 1. The average molecular weight is 209 g/mol. The Morgan fingerprint density at radius 1 is 1.36 bits per heavy atom. The lowest BCUT2D eigenvalue weighted by atomic mass is 9.82. The van der Waals surface area contributed by atoms with Crippen molar-refractivity contribution in [2.75, 3.05) is 6.54 Å². The first kappa shape index (κ1) is 11.8. The molecule has 0 amide bonds. The minimum Gasteiger partial charge on any atom is -0.368 e. The van der Waals surface area contributed by atoms with Gasteiger partial charge in [0, 0.05) is 19.4 Å². The lowest BCUT2D eigenvalue weighted by Gasteiger charge is -2.39. The SMILES string of the molecule is CC(O)OC1(CN)CCC(F)(F)CC1. The molecule has 0 aromatic rings. The highest BCUT2D eigenvalue weighted by atomic mass is 19.3. The Bertz CT molecular complexity index is 187. The summed E-state index contributed by atoms with van der Waals surface area (Å²) in [6.45, 7) is 1.64. The summed E-state index contributed by atoms with van der Waals surface area (Å²) in [4.78, 5) is 0. The zero-order valence-corrected chi connectivity index (χ0v) is 8.30. The monoisotopic (exact) mass is 209 g/mol. The van der Waals surface area contributed by atoms with Gasteiger partial charge in [-0.25, -0.2) is 8.78 Å². The van der Waals surface area contributed by atoms with Gasteiger partial charge < -0.3 is 15.6 Å². The minimum absolute atomic E-state index is 0.175. The summed E-state index contributed by atoms with van der Waals surface area (Å²) in [7, 11) is 0. The fraction of sp³-hybridized carbons (Fsp3) is 1.00. The molecule has 3 nitrogen and oxygen atoms in total. The van der Waals surface area contributed by atoms with Crippen LogP contribution in [0.4, 0.5) is 8.78 Å². The van der Waals surface area contributed by atoms with Crippen molar-refractivity contribution >= 4 is 0 Å². The Kier molecular flexibility index (Phi) is 3.44. The Morgan fingerprint density at radius 2 is 1.86 bits per heavy atom. The van der Waals surface area contributed by atoms with Crippen LogP contribution in [0.2, 0.25) is 0 Å². The summed E-state index contributed by atoms with van der Waals surface area (Å²) in [6.07, 6.45) is -0.957. The van der Waals surface area contributed by atoms with Crippen molar-refractivity contribution in [3.05, 3.63) is 0 Å². The molecule has 0 aromatic heterocycles. The van der Waals surface area contributed by atoms with Crippen molar-refractivity contribution in [2.24, 2.45) is 5.73 Å². The van der Waals surface area contributed by atoms with Crippen LogP contribution >= 0.6 is 0 Å². The highest BCUT2D eigenvalue weighted by molar-refractivity contribution is 4.91. The van der Waals surface area contributed by atoms with Gasteiger partial charge in [0.05, 0.1) is 5.60 Å². The molecule has 0 aliphatic heterocycles. The summed E-state index contributed by atoms with van der Waals surface area (Å²) in [5.74, 6) is -2.60. The quantitative estimate of drug-likeness (QED) is 0.688. The van der Waals surface area contributed by atoms with Gasteiger partial charge in [0.2, 0.25) is 5.92 Å². The van der Waals surface area contributed by atoms with Gasteiger partial charge >= 0.3 is 0 Å². The molecule has 3 N–H and O–H groups in total. The number of alkyl halides is 2. The summed E-state index contributed by atoms with van der Waals surface area (Å²) in [6, 6.07) is 0. The lowest BCUT2D eigenvalue weighted by molar-refractivity contribution is -0.204. The van der Waals surface area contributed by atoms with Crippen molar-refractivity contribution in [2.45, 2.75) is 50.4 Å². The van der Waals surface area contributed by atoms with E-state index in [4.69, 9.17) is 15.6 Å². The van der Waals surface area contributed by atoms with Crippen LogP contribution in [0.3, 0.4) is 0 Å². The molecule has 1 atom stereocenters. The van der Waals surface area contributed by atoms with E-state index in [0.717, 1.165) is 0 Å². The molecule has 0 spiro atoms. The number of hydrogen-bond donors (Lipinski definition) is 2. The summed E-state index contributed by atoms with van der Waals surface area (Å²) in [5, 5.41) is 9.07. The Hall–Kier alpha value is -0.260. The van der Waals surface area contributed by atoms with E-state index in [0.29, 0.717) is 0 Å². The zero-order valence-electron chi connectivity index (χ0n) is 8.30. The van der Waals surface area contributed by atoms with Crippen LogP contribution in [-0.2, 0) is 4.74 Å². The third-order valence-corrected chi connectivity index (χ3v) is 2.69. The molecule has 1 rings (SSSR count). The van der Waals surface area contributed by atoms with Gasteiger partial charge in [0.15, 0.2) is 6.29 Å². The number of hydrogen-bond acceptors (Lipinski definition) is 3. The standard InChI is InChI=1S/C9H17F2NO2/c1-7(13)14-8(6-12)2-4-9(10,11)5-3-8/h7,13H,2-6,12H2,1H3. The zero-order chi connectivity index (χ0) is 10.8. The maximum absolute atomic E-state index is 12.9. The molecule has 14 heavy (non-hydrogen) atoms. The maximum Gasteiger partial charge on any atom is 0.248 e. The molecule has 1 unspecified atom stereocenters. The van der Waals surface area contributed by atoms with Crippen LogP contribution in [0.5, 0.6) is 0 Å². The first-order valence-electron chi connectivity index (χ1n) is 4.83. The largest absolute Gasteiger partial charge is 0.368 e. The fourth-order valence-corrected chi connectivity index (χ4v) is 1.80. The van der Waals surface area contributed by atoms with Crippen LogP contribution in [0.15, 0.2) is 0 Å². The van der Waals surface area contributed by atoms with Gasteiger partial charge in [-0.15, -0.1) is 0 Å². The molecule has 1 aliphatic carbocycles. The summed E-state index contributed by atoms with van der Waals surface area (Å²) in [5.41, 5.74) is 4.74. The normalized spacial score (nSPS) is 27.2. The second-order valence-electron chi connectivity index (χ2n) is 3.96. The van der Waals surface area contributed by atoms with Gasteiger partial charge in [-0.2, -0.15) is 0 Å². The van der Waals surface area contributed by atoms with Crippen molar-refractivity contribution in [3.63, 3.8) is 0 Å². The molecule has 0 bridgehead atoms. The van der Waals surface area contributed by atoms with Crippen LogP contribution in [0.25, 0.3) is 0 Å². The van der Waals surface area contributed by atoms with Crippen molar-refractivity contribution in [1.29, 1.82) is 0 Å². The Labute approximate surface area is 82.2 Å². The van der Waals surface area contributed by atoms with Gasteiger partial charge in [-0.3, -0.25) is 0 Å². The lowest BCUT2D eigenvalue weighted by Crippen LogP contribution is -2.48. The molecule has 0 aromatic carbocycles. The molecule has 84 valence electrons. The van der Waals surface area contributed by atoms with E-state index in [-0.39, 0.29) is 32.2 Å². The van der Waals surface area contributed by atoms with Crippen LogP contribution in [0, 0.1) is 0 Å². The first-order chi connectivity index (χ1) is 6.39. The third-order valence-electron chi connectivity index (χ3n) is 2.69. The second-order valence-corrected chi connectivity index (χ2v) is 3.96. The number of ether oxygens (including phenoxy) is 1. The molecule has 0 heterocycles. The van der Waals surface area contributed by atoms with Crippen LogP contribution in [0.1, 0.15) is 32.6 Å². The number of rotatable bonds is 3. The van der Waals surface area contributed by atoms with E-state index in [9.17, 15) is 8.78 Å². The first-order valence-corrected chi connectivity index (χ1v) is 4.83. The third kappa shape index (κ3) is 2.87. The smallest absolute Gasteiger partial charge is 0.248 e. The van der Waals surface area contributed by atoms with E-state index >= 15 is 0 Å². The highest BCUT2D eigenvalue weighted by Crippen LogP contribution is 2.40. The van der Waals surface area contributed by atoms with Crippen molar-refractivity contribution in [3.8, 4) is 0 Å². The second kappa shape index (κ2) is 4.08. The van der Waals surface area contributed by atoms with Crippen molar-refractivity contribution < 1.29 is 18.6 Å². The average Bonchev–Trinajstić information content (AvgIpc) is 2.09. The summed E-state index contributed by atoms with van der Waals surface area (Å²) < 4.78 is 30.9. The highest BCUT2D eigenvalue weighted by Gasteiger charge is 2.43. The molecule has 1 fully saturated rings. The molecular formula is C9H17F2NO2. The fourth-order valence-electron chi connectivity index (χ4n) is 1.80. The van der Waals surface area contributed by atoms with E-state index in [1.54, 1.807) is 0 Å². The van der Waals surface area contributed by atoms with E-state index in [1.165, 1.54) is 6.92 Å². The van der Waals surface area contributed by atoms with Crippen LogP contribution < -0.4 is 5.73 Å². The maximum atomic E-state index is 12.9. The Morgan fingerprint density at radius 3 is 2.21 bits per heavy atom. The van der Waals surface area contributed by atoms with E-state index < -0.39 is 17.8 Å². The molecular weight excluding hydrogens is 192 g/mol. The predicted molar refractivity (Wildman–Crippen MR) is 48.0 cm³/mol. The number of halogens is 2.